The van der Waals surface area contributed by atoms with Gasteiger partial charge in [-0.2, -0.15) is 0 Å². The van der Waals surface area contributed by atoms with E-state index in [1.807, 2.05) is 20.8 Å². The SMILES string of the molecule is CN(CCCNCC1CC2C=CC1C2)C(=O)OC(C)(C)C. The Kier molecular flexibility index (Phi) is 5.31. The maximum Gasteiger partial charge on any atom is 0.410 e. The Bertz CT molecular complexity index is 387. The summed E-state index contributed by atoms with van der Waals surface area (Å²) < 4.78 is 5.33. The first-order valence-corrected chi connectivity index (χ1v) is 8.18. The van der Waals surface area contributed by atoms with Gasteiger partial charge in [-0.3, -0.25) is 0 Å². The maximum absolute atomic E-state index is 11.8. The van der Waals surface area contributed by atoms with Gasteiger partial charge in [-0.05, 0) is 70.9 Å². The van der Waals surface area contributed by atoms with E-state index >= 15 is 0 Å². The third-order valence-electron chi connectivity index (χ3n) is 4.38. The number of amides is 1. The lowest BCUT2D eigenvalue weighted by atomic mass is 9.94. The number of ether oxygens (including phenoxy) is 1. The Morgan fingerprint density at radius 1 is 1.33 bits per heavy atom. The Labute approximate surface area is 128 Å². The molecule has 2 aliphatic rings. The minimum absolute atomic E-state index is 0.235. The van der Waals surface area contributed by atoms with Crippen molar-refractivity contribution >= 4 is 6.09 Å². The van der Waals surface area contributed by atoms with Crippen LogP contribution >= 0.6 is 0 Å². The van der Waals surface area contributed by atoms with Gasteiger partial charge in [-0.15, -0.1) is 0 Å². The van der Waals surface area contributed by atoms with E-state index in [1.54, 1.807) is 11.9 Å². The van der Waals surface area contributed by atoms with E-state index < -0.39 is 5.60 Å². The molecule has 120 valence electrons. The van der Waals surface area contributed by atoms with Gasteiger partial charge >= 0.3 is 6.09 Å². The summed E-state index contributed by atoms with van der Waals surface area (Å²) in [5.41, 5.74) is -0.418. The molecule has 3 atom stereocenters. The van der Waals surface area contributed by atoms with Gasteiger partial charge in [0.1, 0.15) is 5.60 Å². The van der Waals surface area contributed by atoms with Crippen LogP contribution in [0, 0.1) is 17.8 Å². The van der Waals surface area contributed by atoms with Gasteiger partial charge in [-0.25, -0.2) is 4.79 Å². The monoisotopic (exact) mass is 294 g/mol. The summed E-state index contributed by atoms with van der Waals surface area (Å²) in [5.74, 6) is 2.48. The highest BCUT2D eigenvalue weighted by molar-refractivity contribution is 5.67. The van der Waals surface area contributed by atoms with Crippen LogP contribution in [0.15, 0.2) is 12.2 Å². The van der Waals surface area contributed by atoms with Crippen molar-refractivity contribution in [2.45, 2.75) is 45.6 Å². The number of rotatable bonds is 6. The Morgan fingerprint density at radius 2 is 2.10 bits per heavy atom. The first-order valence-electron chi connectivity index (χ1n) is 8.18. The molecule has 2 rings (SSSR count). The van der Waals surface area contributed by atoms with E-state index in [2.05, 4.69) is 17.5 Å². The van der Waals surface area contributed by atoms with Crippen LogP contribution in [0.25, 0.3) is 0 Å². The normalized spacial score (nSPS) is 27.1. The van der Waals surface area contributed by atoms with Gasteiger partial charge in [0.05, 0.1) is 0 Å². The molecule has 1 N–H and O–H groups in total. The van der Waals surface area contributed by atoms with Crippen molar-refractivity contribution in [2.24, 2.45) is 17.8 Å². The van der Waals surface area contributed by atoms with E-state index in [-0.39, 0.29) is 6.09 Å². The number of hydrogen-bond acceptors (Lipinski definition) is 3. The van der Waals surface area contributed by atoms with Crippen LogP contribution in [0.5, 0.6) is 0 Å². The molecule has 4 nitrogen and oxygen atoms in total. The highest BCUT2D eigenvalue weighted by Gasteiger charge is 2.34. The van der Waals surface area contributed by atoms with Crippen molar-refractivity contribution in [3.8, 4) is 0 Å². The summed E-state index contributed by atoms with van der Waals surface area (Å²) >= 11 is 0. The third kappa shape index (κ3) is 5.03. The molecule has 2 aliphatic carbocycles. The van der Waals surface area contributed by atoms with Crippen molar-refractivity contribution < 1.29 is 9.53 Å². The molecule has 1 amide bonds. The molecular formula is C17H30N2O2. The second kappa shape index (κ2) is 6.82. The lowest BCUT2D eigenvalue weighted by Gasteiger charge is -2.24. The standard InChI is InChI=1S/C17H30N2O2/c1-17(2,3)21-16(20)19(4)9-5-8-18-12-15-11-13-6-7-14(15)10-13/h6-7,13-15,18H,5,8-12H2,1-4H3. The molecule has 4 heteroatoms. The van der Waals surface area contributed by atoms with Crippen molar-refractivity contribution in [3.05, 3.63) is 12.2 Å². The average Bonchev–Trinajstić information content (AvgIpc) is 2.98. The fourth-order valence-electron chi connectivity index (χ4n) is 3.29. The number of allylic oxidation sites excluding steroid dienone is 2. The zero-order valence-electron chi connectivity index (χ0n) is 13.9. The second-order valence-corrected chi connectivity index (χ2v) is 7.50. The number of fused-ring (bicyclic) bond motifs is 2. The predicted octanol–water partition coefficient (Wildman–Crippen LogP) is 3.05. The molecule has 3 unspecified atom stereocenters. The minimum Gasteiger partial charge on any atom is -0.444 e. The first-order chi connectivity index (χ1) is 9.85. The van der Waals surface area contributed by atoms with E-state index in [0.29, 0.717) is 0 Å². The van der Waals surface area contributed by atoms with E-state index in [4.69, 9.17) is 4.74 Å². The van der Waals surface area contributed by atoms with Gasteiger partial charge in [0.25, 0.3) is 0 Å². The lowest BCUT2D eigenvalue weighted by Crippen LogP contribution is -2.36. The van der Waals surface area contributed by atoms with Gasteiger partial charge in [0.2, 0.25) is 0 Å². The number of carbonyl (C=O) groups is 1. The molecule has 21 heavy (non-hydrogen) atoms. The van der Waals surface area contributed by atoms with Gasteiger partial charge in [0, 0.05) is 13.6 Å². The molecule has 0 heterocycles. The van der Waals surface area contributed by atoms with Crippen molar-refractivity contribution in [1.82, 2.24) is 10.2 Å². The fraction of sp³-hybridized carbons (Fsp3) is 0.824. The molecule has 1 saturated carbocycles. The maximum atomic E-state index is 11.8. The highest BCUT2D eigenvalue weighted by atomic mass is 16.6. The third-order valence-corrected chi connectivity index (χ3v) is 4.38. The Balaban J connectivity index is 1.53. The molecule has 0 aromatic heterocycles. The molecule has 1 fully saturated rings. The number of nitrogens with zero attached hydrogens (tertiary/aromatic N) is 1. The molecule has 2 bridgehead atoms. The van der Waals surface area contributed by atoms with Gasteiger partial charge in [0.15, 0.2) is 0 Å². The molecule has 0 aromatic rings. The summed E-state index contributed by atoms with van der Waals surface area (Å²) in [4.78, 5) is 13.5. The van der Waals surface area contributed by atoms with Crippen molar-refractivity contribution in [3.63, 3.8) is 0 Å². The van der Waals surface area contributed by atoms with Crippen LogP contribution in [0.3, 0.4) is 0 Å². The summed E-state index contributed by atoms with van der Waals surface area (Å²) in [5, 5.41) is 3.54. The summed E-state index contributed by atoms with van der Waals surface area (Å²) in [6.45, 7) is 8.49. The number of hydrogen-bond donors (Lipinski definition) is 1. The second-order valence-electron chi connectivity index (χ2n) is 7.50. The zero-order chi connectivity index (χ0) is 15.5. The smallest absolute Gasteiger partial charge is 0.410 e. The van der Waals surface area contributed by atoms with Crippen LogP contribution in [-0.2, 0) is 4.74 Å². The number of nitrogens with one attached hydrogen (secondary N) is 1. The fourth-order valence-corrected chi connectivity index (χ4v) is 3.29. The zero-order valence-corrected chi connectivity index (χ0v) is 13.9. The molecule has 0 saturated heterocycles. The molecular weight excluding hydrogens is 264 g/mol. The Morgan fingerprint density at radius 3 is 2.67 bits per heavy atom. The molecule has 0 radical (unpaired) electrons. The van der Waals surface area contributed by atoms with E-state index in [9.17, 15) is 4.79 Å². The van der Waals surface area contributed by atoms with E-state index in [1.165, 1.54) is 12.8 Å². The van der Waals surface area contributed by atoms with Crippen LogP contribution in [0.1, 0.15) is 40.0 Å². The minimum atomic E-state index is -0.418. The summed E-state index contributed by atoms with van der Waals surface area (Å²) in [6.07, 6.45) is 8.24. The lowest BCUT2D eigenvalue weighted by molar-refractivity contribution is 0.0297. The topological polar surface area (TPSA) is 41.6 Å². The quantitative estimate of drug-likeness (QED) is 0.605. The average molecular weight is 294 g/mol. The first kappa shape index (κ1) is 16.3. The van der Waals surface area contributed by atoms with Crippen LogP contribution < -0.4 is 5.32 Å². The highest BCUT2D eigenvalue weighted by Crippen LogP contribution is 2.42. The van der Waals surface area contributed by atoms with Crippen LogP contribution in [0.2, 0.25) is 0 Å². The largest absolute Gasteiger partial charge is 0.444 e. The summed E-state index contributed by atoms with van der Waals surface area (Å²) in [6, 6.07) is 0. The summed E-state index contributed by atoms with van der Waals surface area (Å²) in [7, 11) is 1.80. The van der Waals surface area contributed by atoms with Crippen LogP contribution in [0.4, 0.5) is 4.79 Å². The van der Waals surface area contributed by atoms with Crippen LogP contribution in [-0.4, -0.2) is 43.3 Å². The van der Waals surface area contributed by atoms with Gasteiger partial charge < -0.3 is 15.0 Å². The molecule has 0 spiro atoms. The molecule has 0 aliphatic heterocycles. The Hall–Kier alpha value is -1.03. The van der Waals surface area contributed by atoms with Crippen molar-refractivity contribution in [2.75, 3.05) is 26.7 Å². The van der Waals surface area contributed by atoms with E-state index in [0.717, 1.165) is 43.8 Å². The molecule has 0 aromatic carbocycles. The number of carbonyl (C=O) groups excluding carboxylic acids is 1. The van der Waals surface area contributed by atoms with Gasteiger partial charge in [-0.1, -0.05) is 12.2 Å². The van der Waals surface area contributed by atoms with Crippen molar-refractivity contribution in [1.29, 1.82) is 0 Å². The predicted molar refractivity (Wildman–Crippen MR) is 85.2 cm³/mol.